The van der Waals surface area contributed by atoms with E-state index in [9.17, 15) is 4.39 Å². The Morgan fingerprint density at radius 2 is 2.29 bits per heavy atom. The van der Waals surface area contributed by atoms with E-state index in [4.69, 9.17) is 9.84 Å². The highest BCUT2D eigenvalue weighted by atomic mass is 79.9. The maximum absolute atomic E-state index is 12.7. The second-order valence-electron chi connectivity index (χ2n) is 2.72. The van der Waals surface area contributed by atoms with Crippen molar-refractivity contribution in [3.63, 3.8) is 0 Å². The van der Waals surface area contributed by atoms with Crippen LogP contribution in [-0.4, -0.2) is 11.7 Å². The first-order valence-electron chi connectivity index (χ1n) is 3.99. The number of hydrogen-bond acceptors (Lipinski definition) is 2. The van der Waals surface area contributed by atoms with Gasteiger partial charge in [-0.05, 0) is 18.2 Å². The molecule has 0 aliphatic carbocycles. The van der Waals surface area contributed by atoms with Crippen molar-refractivity contribution in [2.75, 3.05) is 6.61 Å². The monoisotopic (exact) mass is 260 g/mol. The SMILES string of the molecule is C=C(Br)COc1ccc(F)cc1CO. The van der Waals surface area contributed by atoms with Gasteiger partial charge < -0.3 is 9.84 Å². The highest BCUT2D eigenvalue weighted by Crippen LogP contribution is 2.20. The van der Waals surface area contributed by atoms with Crippen molar-refractivity contribution in [3.8, 4) is 5.75 Å². The van der Waals surface area contributed by atoms with Gasteiger partial charge in [0, 0.05) is 10.0 Å². The smallest absolute Gasteiger partial charge is 0.125 e. The van der Waals surface area contributed by atoms with Gasteiger partial charge in [0.25, 0.3) is 0 Å². The minimum atomic E-state index is -0.390. The summed E-state index contributed by atoms with van der Waals surface area (Å²) in [5.41, 5.74) is 0.429. The largest absolute Gasteiger partial charge is 0.488 e. The highest BCUT2D eigenvalue weighted by molar-refractivity contribution is 9.11. The average Bonchev–Trinajstić information content (AvgIpc) is 2.15. The van der Waals surface area contributed by atoms with Crippen molar-refractivity contribution in [3.05, 3.63) is 40.6 Å². The highest BCUT2D eigenvalue weighted by Gasteiger charge is 2.04. The van der Waals surface area contributed by atoms with Crippen LogP contribution in [0.5, 0.6) is 5.75 Å². The lowest BCUT2D eigenvalue weighted by Crippen LogP contribution is -2.00. The molecule has 0 fully saturated rings. The molecule has 0 unspecified atom stereocenters. The van der Waals surface area contributed by atoms with Crippen LogP contribution >= 0.6 is 15.9 Å². The van der Waals surface area contributed by atoms with Crippen LogP contribution in [0.3, 0.4) is 0 Å². The summed E-state index contributed by atoms with van der Waals surface area (Å²) < 4.78 is 18.7. The van der Waals surface area contributed by atoms with Crippen LogP contribution in [0.4, 0.5) is 4.39 Å². The first-order valence-corrected chi connectivity index (χ1v) is 4.78. The summed E-state index contributed by atoms with van der Waals surface area (Å²) >= 11 is 3.14. The van der Waals surface area contributed by atoms with Crippen LogP contribution in [0, 0.1) is 5.82 Å². The molecule has 0 saturated carbocycles. The summed E-state index contributed by atoms with van der Waals surface area (Å²) in [6.07, 6.45) is 0. The van der Waals surface area contributed by atoms with Gasteiger partial charge in [-0.25, -0.2) is 4.39 Å². The zero-order chi connectivity index (χ0) is 10.6. The maximum atomic E-state index is 12.7. The van der Waals surface area contributed by atoms with E-state index in [0.29, 0.717) is 22.4 Å². The molecule has 0 bridgehead atoms. The quantitative estimate of drug-likeness (QED) is 0.902. The first-order chi connectivity index (χ1) is 6.63. The second-order valence-corrected chi connectivity index (χ2v) is 3.84. The number of rotatable bonds is 4. The molecule has 2 nitrogen and oxygen atoms in total. The first kappa shape index (κ1) is 11.2. The van der Waals surface area contributed by atoms with Gasteiger partial charge in [-0.1, -0.05) is 22.5 Å². The predicted octanol–water partition coefficient (Wildman–Crippen LogP) is 2.61. The molecule has 0 atom stereocenters. The Balaban J connectivity index is 2.80. The van der Waals surface area contributed by atoms with Gasteiger partial charge in [-0.3, -0.25) is 0 Å². The normalized spacial score (nSPS) is 9.93. The molecule has 0 saturated heterocycles. The van der Waals surface area contributed by atoms with E-state index in [1.54, 1.807) is 0 Å². The molecule has 0 aliphatic rings. The van der Waals surface area contributed by atoms with Gasteiger partial charge in [0.1, 0.15) is 18.2 Å². The zero-order valence-electron chi connectivity index (χ0n) is 7.46. The van der Waals surface area contributed by atoms with Crippen molar-refractivity contribution in [1.29, 1.82) is 0 Å². The van der Waals surface area contributed by atoms with Gasteiger partial charge in [-0.2, -0.15) is 0 Å². The van der Waals surface area contributed by atoms with Gasteiger partial charge in [0.05, 0.1) is 6.61 Å². The zero-order valence-corrected chi connectivity index (χ0v) is 9.05. The molecule has 14 heavy (non-hydrogen) atoms. The fourth-order valence-corrected chi connectivity index (χ4v) is 1.08. The third kappa shape index (κ3) is 3.12. The lowest BCUT2D eigenvalue weighted by Gasteiger charge is -2.09. The number of aliphatic hydroxyl groups is 1. The maximum Gasteiger partial charge on any atom is 0.125 e. The molecular formula is C10H10BrFO2. The van der Waals surface area contributed by atoms with Crippen molar-refractivity contribution >= 4 is 15.9 Å². The molecule has 1 N–H and O–H groups in total. The van der Waals surface area contributed by atoms with Crippen LogP contribution in [0.2, 0.25) is 0 Å². The fraction of sp³-hybridized carbons (Fsp3) is 0.200. The minimum absolute atomic E-state index is 0.248. The van der Waals surface area contributed by atoms with Crippen molar-refractivity contribution in [1.82, 2.24) is 0 Å². The molecule has 0 radical (unpaired) electrons. The Morgan fingerprint density at radius 1 is 1.57 bits per heavy atom. The lowest BCUT2D eigenvalue weighted by atomic mass is 10.2. The van der Waals surface area contributed by atoms with E-state index < -0.39 is 0 Å². The van der Waals surface area contributed by atoms with E-state index in [-0.39, 0.29) is 12.4 Å². The van der Waals surface area contributed by atoms with Crippen LogP contribution in [0.1, 0.15) is 5.56 Å². The summed E-state index contributed by atoms with van der Waals surface area (Å²) in [5, 5.41) is 8.93. The summed E-state index contributed by atoms with van der Waals surface area (Å²) in [5.74, 6) is 0.0774. The van der Waals surface area contributed by atoms with Crippen LogP contribution < -0.4 is 4.74 Å². The van der Waals surface area contributed by atoms with Gasteiger partial charge in [0.2, 0.25) is 0 Å². The second kappa shape index (κ2) is 5.12. The molecule has 0 heterocycles. The van der Waals surface area contributed by atoms with Gasteiger partial charge >= 0.3 is 0 Å². The number of hydrogen-bond donors (Lipinski definition) is 1. The number of benzene rings is 1. The Hall–Kier alpha value is -0.870. The summed E-state index contributed by atoms with van der Waals surface area (Å²) in [4.78, 5) is 0. The van der Waals surface area contributed by atoms with Crippen molar-refractivity contribution < 1.29 is 14.2 Å². The third-order valence-electron chi connectivity index (χ3n) is 1.58. The predicted molar refractivity (Wildman–Crippen MR) is 55.9 cm³/mol. The molecule has 1 aromatic carbocycles. The minimum Gasteiger partial charge on any atom is -0.488 e. The molecule has 1 aromatic rings. The van der Waals surface area contributed by atoms with E-state index in [1.807, 2.05) is 0 Å². The van der Waals surface area contributed by atoms with E-state index in [2.05, 4.69) is 22.5 Å². The number of aliphatic hydroxyl groups excluding tert-OH is 1. The molecule has 0 amide bonds. The van der Waals surface area contributed by atoms with Crippen LogP contribution in [0.25, 0.3) is 0 Å². The van der Waals surface area contributed by atoms with Crippen molar-refractivity contribution in [2.24, 2.45) is 0 Å². The Labute approximate surface area is 90.1 Å². The average molecular weight is 261 g/mol. The Morgan fingerprint density at radius 3 is 2.86 bits per heavy atom. The molecular weight excluding hydrogens is 251 g/mol. The van der Waals surface area contributed by atoms with Gasteiger partial charge in [0.15, 0.2) is 0 Å². The van der Waals surface area contributed by atoms with Crippen LogP contribution in [-0.2, 0) is 6.61 Å². The Kier molecular flexibility index (Phi) is 4.10. The molecule has 76 valence electrons. The topological polar surface area (TPSA) is 29.5 Å². The van der Waals surface area contributed by atoms with Crippen LogP contribution in [0.15, 0.2) is 29.3 Å². The standard InChI is InChI=1S/C10H10BrFO2/c1-7(11)6-14-10-3-2-9(12)4-8(10)5-13/h2-4,13H,1,5-6H2. The molecule has 4 heteroatoms. The third-order valence-corrected chi connectivity index (χ3v) is 1.81. The molecule has 0 aliphatic heterocycles. The fourth-order valence-electron chi connectivity index (χ4n) is 0.968. The van der Waals surface area contributed by atoms with E-state index >= 15 is 0 Å². The van der Waals surface area contributed by atoms with Gasteiger partial charge in [-0.15, -0.1) is 0 Å². The summed E-state index contributed by atoms with van der Waals surface area (Å²) in [6.45, 7) is 3.64. The molecule has 0 spiro atoms. The van der Waals surface area contributed by atoms with Crippen molar-refractivity contribution in [2.45, 2.75) is 6.61 Å². The lowest BCUT2D eigenvalue weighted by molar-refractivity contribution is 0.269. The molecule has 0 aromatic heterocycles. The van der Waals surface area contributed by atoms with E-state index in [1.165, 1.54) is 18.2 Å². The summed E-state index contributed by atoms with van der Waals surface area (Å²) in [6, 6.07) is 4.01. The summed E-state index contributed by atoms with van der Waals surface area (Å²) in [7, 11) is 0. The van der Waals surface area contributed by atoms with E-state index in [0.717, 1.165) is 0 Å². The number of halogens is 2. The number of ether oxygens (including phenoxy) is 1. The Bertz CT molecular complexity index is 339. The molecule has 1 rings (SSSR count).